The molecule has 0 bridgehead atoms. The zero-order valence-electron chi connectivity index (χ0n) is 15.4. The maximum atomic E-state index is 11.8. The number of allylic oxidation sites excluding steroid dienone is 1. The third kappa shape index (κ3) is 3.65. The zero-order chi connectivity index (χ0) is 19.4. The number of carbonyl (C=O) groups is 1. The number of carboxylic acid groups (broad SMARTS) is 1. The van der Waals surface area contributed by atoms with Gasteiger partial charge in [0, 0.05) is 10.9 Å². The van der Waals surface area contributed by atoms with Gasteiger partial charge in [0.1, 0.15) is 0 Å². The number of rotatable bonds is 6. The number of hydrogen-bond donors (Lipinski definition) is 2. The third-order valence-electron chi connectivity index (χ3n) is 4.57. The Hall–Kier alpha value is -3.27. The lowest BCUT2D eigenvalue weighted by molar-refractivity contribution is -0.130. The van der Waals surface area contributed by atoms with E-state index in [-0.39, 0.29) is 17.1 Å². The summed E-state index contributed by atoms with van der Waals surface area (Å²) in [7, 11) is 1.47. The van der Waals surface area contributed by atoms with E-state index in [1.807, 2.05) is 55.5 Å². The Bertz CT molecular complexity index is 1000. The monoisotopic (exact) mass is 362 g/mol. The molecule has 0 amide bonds. The highest BCUT2D eigenvalue weighted by molar-refractivity contribution is 6.20. The first-order valence-electron chi connectivity index (χ1n) is 8.86. The van der Waals surface area contributed by atoms with Crippen molar-refractivity contribution >= 4 is 22.3 Å². The predicted octanol–water partition coefficient (Wildman–Crippen LogP) is 5.02. The van der Waals surface area contributed by atoms with Crippen LogP contribution < -0.4 is 4.74 Å². The molecule has 0 saturated carbocycles. The average Bonchev–Trinajstić information content (AvgIpc) is 2.67. The van der Waals surface area contributed by atoms with Gasteiger partial charge in [-0.2, -0.15) is 0 Å². The van der Waals surface area contributed by atoms with Crippen molar-refractivity contribution in [2.24, 2.45) is 0 Å². The molecule has 0 aromatic heterocycles. The summed E-state index contributed by atoms with van der Waals surface area (Å²) in [5.74, 6) is -0.704. The number of phenols is 1. The molecule has 2 N–H and O–H groups in total. The first kappa shape index (κ1) is 18.5. The molecule has 138 valence electrons. The van der Waals surface area contributed by atoms with Crippen molar-refractivity contribution in [3.05, 3.63) is 77.4 Å². The van der Waals surface area contributed by atoms with Crippen LogP contribution in [0.25, 0.3) is 16.3 Å². The van der Waals surface area contributed by atoms with Crippen LogP contribution in [0.4, 0.5) is 0 Å². The highest BCUT2D eigenvalue weighted by Gasteiger charge is 2.20. The highest BCUT2D eigenvalue weighted by atomic mass is 16.5. The minimum Gasteiger partial charge on any atom is -0.504 e. The Balaban J connectivity index is 2.30. The van der Waals surface area contributed by atoms with Crippen LogP contribution in [-0.4, -0.2) is 23.3 Å². The van der Waals surface area contributed by atoms with E-state index >= 15 is 0 Å². The van der Waals surface area contributed by atoms with Crippen LogP contribution in [0.1, 0.15) is 30.0 Å². The van der Waals surface area contributed by atoms with E-state index in [1.54, 1.807) is 12.1 Å². The van der Waals surface area contributed by atoms with Gasteiger partial charge in [0.15, 0.2) is 11.5 Å². The van der Waals surface area contributed by atoms with Crippen molar-refractivity contribution in [2.45, 2.75) is 19.8 Å². The molecule has 0 aliphatic carbocycles. The van der Waals surface area contributed by atoms with E-state index in [0.29, 0.717) is 29.2 Å². The molecule has 4 heteroatoms. The molecule has 3 aromatic rings. The van der Waals surface area contributed by atoms with Crippen LogP contribution in [-0.2, 0) is 11.2 Å². The van der Waals surface area contributed by atoms with Gasteiger partial charge in [-0.25, -0.2) is 4.79 Å². The molecule has 4 nitrogen and oxygen atoms in total. The zero-order valence-corrected chi connectivity index (χ0v) is 15.4. The number of carboxylic acids is 1. The topological polar surface area (TPSA) is 66.8 Å². The number of ether oxygens (including phenoxy) is 1. The number of methoxy groups -OCH3 is 1. The van der Waals surface area contributed by atoms with Crippen LogP contribution in [0.15, 0.2) is 60.7 Å². The molecule has 0 aliphatic heterocycles. The van der Waals surface area contributed by atoms with Crippen molar-refractivity contribution < 1.29 is 19.7 Å². The summed E-state index contributed by atoms with van der Waals surface area (Å²) in [4.78, 5) is 11.8. The number of hydrogen-bond acceptors (Lipinski definition) is 3. The minimum absolute atomic E-state index is 0.0315. The predicted molar refractivity (Wildman–Crippen MR) is 107 cm³/mol. The quantitative estimate of drug-likeness (QED) is 0.604. The van der Waals surface area contributed by atoms with Crippen LogP contribution in [0, 0.1) is 0 Å². The molecular weight excluding hydrogens is 340 g/mol. The summed E-state index contributed by atoms with van der Waals surface area (Å²) in [6.45, 7) is 1.89. The van der Waals surface area contributed by atoms with Gasteiger partial charge in [0.25, 0.3) is 0 Å². The number of fused-ring (bicyclic) bond motifs is 1. The number of aliphatic carboxylic acids is 1. The normalized spacial score (nSPS) is 11.6. The average molecular weight is 362 g/mol. The fraction of sp³-hybridized carbons (Fsp3) is 0.174. The maximum Gasteiger partial charge on any atom is 0.335 e. The molecule has 3 rings (SSSR count). The second kappa shape index (κ2) is 7.96. The van der Waals surface area contributed by atoms with Gasteiger partial charge in [-0.15, -0.1) is 0 Å². The van der Waals surface area contributed by atoms with Crippen LogP contribution in [0.3, 0.4) is 0 Å². The van der Waals surface area contributed by atoms with E-state index in [2.05, 4.69) is 0 Å². The summed E-state index contributed by atoms with van der Waals surface area (Å²) >= 11 is 0. The van der Waals surface area contributed by atoms with E-state index in [1.165, 1.54) is 7.11 Å². The second-order valence-corrected chi connectivity index (χ2v) is 6.31. The maximum absolute atomic E-state index is 11.8. The van der Waals surface area contributed by atoms with Crippen LogP contribution >= 0.6 is 0 Å². The fourth-order valence-electron chi connectivity index (χ4n) is 3.36. The van der Waals surface area contributed by atoms with Gasteiger partial charge >= 0.3 is 5.97 Å². The Labute approximate surface area is 158 Å². The van der Waals surface area contributed by atoms with Crippen LogP contribution in [0.2, 0.25) is 0 Å². The first-order valence-corrected chi connectivity index (χ1v) is 8.86. The van der Waals surface area contributed by atoms with Gasteiger partial charge in [-0.3, -0.25) is 0 Å². The molecule has 0 atom stereocenters. The Kier molecular flexibility index (Phi) is 5.46. The molecule has 0 heterocycles. The first-order chi connectivity index (χ1) is 13.1. The summed E-state index contributed by atoms with van der Waals surface area (Å²) < 4.78 is 5.34. The Morgan fingerprint density at radius 2 is 1.85 bits per heavy atom. The van der Waals surface area contributed by atoms with E-state index < -0.39 is 5.97 Å². The largest absolute Gasteiger partial charge is 0.504 e. The van der Waals surface area contributed by atoms with Gasteiger partial charge in [-0.1, -0.05) is 61.5 Å². The molecule has 3 aromatic carbocycles. The number of aromatic hydroxyl groups is 1. The lowest BCUT2D eigenvalue weighted by atomic mass is 9.91. The minimum atomic E-state index is -1.00. The highest BCUT2D eigenvalue weighted by Crippen LogP contribution is 2.41. The van der Waals surface area contributed by atoms with Crippen molar-refractivity contribution in [1.29, 1.82) is 0 Å². The van der Waals surface area contributed by atoms with Crippen molar-refractivity contribution in [3.63, 3.8) is 0 Å². The molecule has 0 fully saturated rings. The molecule has 0 unspecified atom stereocenters. The fourth-order valence-corrected chi connectivity index (χ4v) is 3.36. The molecule has 0 aliphatic rings. The molecule has 27 heavy (non-hydrogen) atoms. The molecular formula is C23H22O4. The summed E-state index contributed by atoms with van der Waals surface area (Å²) in [5, 5.41) is 21.8. The number of phenolic OH excluding ortho intramolecular Hbond substituents is 1. The third-order valence-corrected chi connectivity index (χ3v) is 4.57. The summed E-state index contributed by atoms with van der Waals surface area (Å²) in [6.07, 6.45) is 2.89. The lowest BCUT2D eigenvalue weighted by Gasteiger charge is -2.16. The van der Waals surface area contributed by atoms with Gasteiger partial charge in [0.2, 0.25) is 0 Å². The number of benzene rings is 3. The smallest absolute Gasteiger partial charge is 0.335 e. The SMILES string of the molecule is CC/C=C(\C(=O)O)c1cc(OC)c(O)c2c(Cc3ccccc3)cccc12. The van der Waals surface area contributed by atoms with Crippen molar-refractivity contribution in [3.8, 4) is 11.5 Å². The molecule has 0 spiro atoms. The molecule has 0 radical (unpaired) electrons. The summed E-state index contributed by atoms with van der Waals surface area (Å²) in [6, 6.07) is 17.2. The van der Waals surface area contributed by atoms with Crippen LogP contribution in [0.5, 0.6) is 11.5 Å². The summed E-state index contributed by atoms with van der Waals surface area (Å²) in [5.41, 5.74) is 2.77. The van der Waals surface area contributed by atoms with E-state index in [0.717, 1.165) is 11.1 Å². The van der Waals surface area contributed by atoms with Crippen molar-refractivity contribution in [2.75, 3.05) is 7.11 Å². The Morgan fingerprint density at radius 3 is 2.48 bits per heavy atom. The molecule has 0 saturated heterocycles. The van der Waals surface area contributed by atoms with Gasteiger partial charge in [0.05, 0.1) is 12.7 Å². The standard InChI is InChI=1S/C23H22O4/c1-3-8-18(23(25)26)19-14-20(27-2)22(24)21-16(11-7-12-17(19)21)13-15-9-5-4-6-10-15/h4-12,14,24H,3,13H2,1-2H3,(H,25,26)/b18-8-. The lowest BCUT2D eigenvalue weighted by Crippen LogP contribution is -2.02. The second-order valence-electron chi connectivity index (χ2n) is 6.31. The van der Waals surface area contributed by atoms with E-state index in [4.69, 9.17) is 4.74 Å². The van der Waals surface area contributed by atoms with Gasteiger partial charge < -0.3 is 14.9 Å². The van der Waals surface area contributed by atoms with Gasteiger partial charge in [-0.05, 0) is 35.4 Å². The van der Waals surface area contributed by atoms with E-state index in [9.17, 15) is 15.0 Å². The van der Waals surface area contributed by atoms with Crippen molar-refractivity contribution in [1.82, 2.24) is 0 Å². The Morgan fingerprint density at radius 1 is 1.11 bits per heavy atom.